The topological polar surface area (TPSA) is 68.0 Å². The normalized spacial score (nSPS) is 11.6. The Morgan fingerprint density at radius 2 is 2.29 bits per heavy atom. The van der Waals surface area contributed by atoms with Gasteiger partial charge in [0.05, 0.1) is 5.41 Å². The van der Waals surface area contributed by atoms with Crippen molar-refractivity contribution < 1.29 is 9.90 Å². The second kappa shape index (κ2) is 4.21. The van der Waals surface area contributed by atoms with Crippen LogP contribution in [0.25, 0.3) is 0 Å². The minimum absolute atomic E-state index is 0.641. The molecule has 78 valence electrons. The van der Waals surface area contributed by atoms with E-state index >= 15 is 0 Å². The number of nitrogens with zero attached hydrogens (tertiary/aromatic N) is 3. The molecule has 0 spiro atoms. The molecule has 0 saturated carbocycles. The second-order valence-corrected chi connectivity index (χ2v) is 3.95. The molecule has 1 N–H and O–H groups in total. The fourth-order valence-corrected chi connectivity index (χ4v) is 1.14. The number of carbonyl (C=O) groups is 1. The highest BCUT2D eigenvalue weighted by Crippen LogP contribution is 2.22. The van der Waals surface area contributed by atoms with E-state index in [1.54, 1.807) is 24.9 Å². The minimum atomic E-state index is -0.754. The number of carboxylic acid groups (broad SMARTS) is 1. The van der Waals surface area contributed by atoms with Crippen molar-refractivity contribution >= 4 is 5.97 Å². The van der Waals surface area contributed by atoms with Crippen molar-refractivity contribution in [1.29, 1.82) is 0 Å². The number of aryl methyl sites for hydroxylation is 1. The summed E-state index contributed by atoms with van der Waals surface area (Å²) in [6, 6.07) is 0. The molecule has 0 saturated heterocycles. The summed E-state index contributed by atoms with van der Waals surface area (Å²) in [6.07, 6.45) is 4.54. The summed E-state index contributed by atoms with van der Waals surface area (Å²) in [5, 5.41) is 12.8. The first-order valence-corrected chi connectivity index (χ1v) is 4.58. The first-order chi connectivity index (χ1) is 6.52. The maximum absolute atomic E-state index is 10.8. The predicted octanol–water partition coefficient (Wildman–Crippen LogP) is 1.17. The van der Waals surface area contributed by atoms with Crippen LogP contribution in [0.15, 0.2) is 12.7 Å². The van der Waals surface area contributed by atoms with Crippen LogP contribution in [-0.4, -0.2) is 25.8 Å². The maximum atomic E-state index is 10.8. The average Bonchev–Trinajstić information content (AvgIpc) is 2.56. The van der Waals surface area contributed by atoms with Gasteiger partial charge in [-0.2, -0.15) is 5.10 Å². The average molecular weight is 197 g/mol. The molecule has 14 heavy (non-hydrogen) atoms. The summed E-state index contributed by atoms with van der Waals surface area (Å²) in [7, 11) is 0. The van der Waals surface area contributed by atoms with E-state index in [2.05, 4.69) is 10.1 Å². The van der Waals surface area contributed by atoms with E-state index < -0.39 is 11.4 Å². The molecule has 0 aliphatic heterocycles. The smallest absolute Gasteiger partial charge is 0.309 e. The Balaban J connectivity index is 2.31. The number of aromatic nitrogens is 3. The van der Waals surface area contributed by atoms with Crippen LogP contribution >= 0.6 is 0 Å². The molecule has 0 amide bonds. The first kappa shape index (κ1) is 10.7. The first-order valence-electron chi connectivity index (χ1n) is 4.58. The molecule has 0 fully saturated rings. The molecule has 0 bridgehead atoms. The van der Waals surface area contributed by atoms with Gasteiger partial charge in [-0.25, -0.2) is 4.98 Å². The molecule has 0 aliphatic carbocycles. The van der Waals surface area contributed by atoms with Crippen molar-refractivity contribution in [1.82, 2.24) is 14.8 Å². The van der Waals surface area contributed by atoms with Crippen LogP contribution in [0.4, 0.5) is 0 Å². The summed E-state index contributed by atoms with van der Waals surface area (Å²) >= 11 is 0. The molecule has 1 heterocycles. The quantitative estimate of drug-likeness (QED) is 0.769. The van der Waals surface area contributed by atoms with Crippen molar-refractivity contribution in [2.45, 2.75) is 33.2 Å². The number of hydrogen-bond donors (Lipinski definition) is 1. The molecule has 1 rings (SSSR count). The van der Waals surface area contributed by atoms with Gasteiger partial charge < -0.3 is 5.11 Å². The highest BCUT2D eigenvalue weighted by atomic mass is 16.4. The zero-order chi connectivity index (χ0) is 10.6. The molecular weight excluding hydrogens is 182 g/mol. The highest BCUT2D eigenvalue weighted by molar-refractivity contribution is 5.73. The lowest BCUT2D eigenvalue weighted by atomic mass is 9.88. The lowest BCUT2D eigenvalue weighted by Crippen LogP contribution is -2.23. The van der Waals surface area contributed by atoms with Crippen LogP contribution in [0.2, 0.25) is 0 Å². The van der Waals surface area contributed by atoms with Gasteiger partial charge in [-0.1, -0.05) is 0 Å². The van der Waals surface area contributed by atoms with E-state index in [0.717, 1.165) is 13.0 Å². The molecule has 0 unspecified atom stereocenters. The number of aliphatic carboxylic acids is 1. The summed E-state index contributed by atoms with van der Waals surface area (Å²) < 4.78 is 1.71. The van der Waals surface area contributed by atoms with Crippen molar-refractivity contribution in [3.63, 3.8) is 0 Å². The lowest BCUT2D eigenvalue weighted by Gasteiger charge is -2.18. The highest BCUT2D eigenvalue weighted by Gasteiger charge is 2.26. The Hall–Kier alpha value is -1.39. The summed E-state index contributed by atoms with van der Waals surface area (Å²) in [6.45, 7) is 4.18. The Labute approximate surface area is 82.8 Å². The van der Waals surface area contributed by atoms with Gasteiger partial charge in [0.2, 0.25) is 0 Å². The Morgan fingerprint density at radius 1 is 1.57 bits per heavy atom. The van der Waals surface area contributed by atoms with Gasteiger partial charge >= 0.3 is 5.97 Å². The third kappa shape index (κ3) is 2.83. The monoisotopic (exact) mass is 197 g/mol. The lowest BCUT2D eigenvalue weighted by molar-refractivity contribution is -0.147. The molecule has 1 aromatic heterocycles. The molecule has 0 radical (unpaired) electrons. The van der Waals surface area contributed by atoms with Gasteiger partial charge in [0.25, 0.3) is 0 Å². The van der Waals surface area contributed by atoms with Crippen molar-refractivity contribution in [3.8, 4) is 0 Å². The molecule has 5 heteroatoms. The van der Waals surface area contributed by atoms with Crippen molar-refractivity contribution in [2.75, 3.05) is 0 Å². The van der Waals surface area contributed by atoms with Crippen LogP contribution in [0.1, 0.15) is 26.7 Å². The molecule has 5 nitrogen and oxygen atoms in total. The van der Waals surface area contributed by atoms with Crippen molar-refractivity contribution in [3.05, 3.63) is 12.7 Å². The predicted molar refractivity (Wildman–Crippen MR) is 50.7 cm³/mol. The third-order valence-corrected chi connectivity index (χ3v) is 2.23. The number of hydrogen-bond acceptors (Lipinski definition) is 3. The fourth-order valence-electron chi connectivity index (χ4n) is 1.14. The number of carboxylic acids is 1. The summed E-state index contributed by atoms with van der Waals surface area (Å²) in [5.41, 5.74) is -0.652. The fraction of sp³-hybridized carbons (Fsp3) is 0.667. The van der Waals surface area contributed by atoms with Crippen molar-refractivity contribution in [2.24, 2.45) is 5.41 Å². The second-order valence-electron chi connectivity index (χ2n) is 3.95. The van der Waals surface area contributed by atoms with Crippen LogP contribution in [-0.2, 0) is 11.3 Å². The van der Waals surface area contributed by atoms with Crippen LogP contribution < -0.4 is 0 Å². The zero-order valence-electron chi connectivity index (χ0n) is 8.47. The standard InChI is InChI=1S/C9H15N3O2/c1-9(2,8(13)14)4-3-5-12-7-10-6-11-12/h6-7H,3-5H2,1-2H3,(H,13,14). The summed E-state index contributed by atoms with van der Waals surface area (Å²) in [4.78, 5) is 14.6. The number of rotatable bonds is 5. The van der Waals surface area contributed by atoms with E-state index in [9.17, 15) is 4.79 Å². The van der Waals surface area contributed by atoms with Gasteiger partial charge in [-0.15, -0.1) is 0 Å². The van der Waals surface area contributed by atoms with Gasteiger partial charge in [0, 0.05) is 6.54 Å². The Morgan fingerprint density at radius 3 is 2.79 bits per heavy atom. The molecule has 1 aromatic rings. The van der Waals surface area contributed by atoms with Gasteiger partial charge in [-0.05, 0) is 26.7 Å². The Kier molecular flexibility index (Phi) is 3.22. The van der Waals surface area contributed by atoms with Gasteiger partial charge in [0.1, 0.15) is 12.7 Å². The van der Waals surface area contributed by atoms with Gasteiger partial charge in [0.15, 0.2) is 0 Å². The largest absolute Gasteiger partial charge is 0.481 e. The Bertz CT molecular complexity index is 293. The van der Waals surface area contributed by atoms with E-state index in [4.69, 9.17) is 5.11 Å². The third-order valence-electron chi connectivity index (χ3n) is 2.23. The summed E-state index contributed by atoms with van der Waals surface area (Å²) in [5.74, 6) is -0.754. The molecule has 0 atom stereocenters. The van der Waals surface area contributed by atoms with Gasteiger partial charge in [-0.3, -0.25) is 9.48 Å². The molecular formula is C9H15N3O2. The molecule has 0 aromatic carbocycles. The maximum Gasteiger partial charge on any atom is 0.309 e. The van der Waals surface area contributed by atoms with E-state index in [1.807, 2.05) is 0 Å². The van der Waals surface area contributed by atoms with Crippen LogP contribution in [0.5, 0.6) is 0 Å². The van der Waals surface area contributed by atoms with Crippen LogP contribution in [0, 0.1) is 5.41 Å². The van der Waals surface area contributed by atoms with Crippen LogP contribution in [0.3, 0.4) is 0 Å². The molecule has 0 aliphatic rings. The van der Waals surface area contributed by atoms with E-state index in [0.29, 0.717) is 6.42 Å². The zero-order valence-corrected chi connectivity index (χ0v) is 8.47. The SMILES string of the molecule is CC(C)(CCCn1cncn1)C(=O)O. The van der Waals surface area contributed by atoms with E-state index in [-0.39, 0.29) is 0 Å². The van der Waals surface area contributed by atoms with E-state index in [1.165, 1.54) is 6.33 Å². The minimum Gasteiger partial charge on any atom is -0.481 e.